The number of benzene rings is 1. The van der Waals surface area contributed by atoms with E-state index in [1.54, 1.807) is 0 Å². The molecule has 0 spiro atoms. The van der Waals surface area contributed by atoms with Crippen LogP contribution in [0.3, 0.4) is 0 Å². The lowest BCUT2D eigenvalue weighted by molar-refractivity contribution is -0.0685. The number of allylic oxidation sites excluding steroid dienone is 1. The van der Waals surface area contributed by atoms with Crippen molar-refractivity contribution in [2.75, 3.05) is 0 Å². The molecule has 0 unspecified atom stereocenters. The summed E-state index contributed by atoms with van der Waals surface area (Å²) in [6.45, 7) is 4.77. The zero-order chi connectivity index (χ0) is 20.4. The topological polar surface area (TPSA) is 40.5 Å². The normalized spacial score (nSPS) is 45.3. The van der Waals surface area contributed by atoms with Crippen molar-refractivity contribution in [1.82, 2.24) is 0 Å². The molecule has 0 amide bonds. The molecule has 0 saturated heterocycles. The van der Waals surface area contributed by atoms with E-state index >= 15 is 0 Å². The molecule has 5 rings (SSSR count). The summed E-state index contributed by atoms with van der Waals surface area (Å²) in [6, 6.07) is 7.93. The van der Waals surface area contributed by atoms with Gasteiger partial charge in [0.2, 0.25) is 0 Å². The van der Waals surface area contributed by atoms with Gasteiger partial charge in [0.25, 0.3) is 0 Å². The maximum atomic E-state index is 11.4. The Morgan fingerprint density at radius 3 is 2.62 bits per heavy atom. The van der Waals surface area contributed by atoms with Gasteiger partial charge < -0.3 is 10.2 Å². The van der Waals surface area contributed by atoms with Crippen molar-refractivity contribution < 1.29 is 10.2 Å². The third kappa shape index (κ3) is 2.98. The van der Waals surface area contributed by atoms with E-state index in [2.05, 4.69) is 26.0 Å². The second kappa shape index (κ2) is 6.97. The second-order valence-electron chi connectivity index (χ2n) is 10.5. The van der Waals surface area contributed by atoms with Crippen molar-refractivity contribution in [2.45, 2.75) is 71.0 Å². The third-order valence-corrected chi connectivity index (χ3v) is 9.54. The van der Waals surface area contributed by atoms with Crippen molar-refractivity contribution in [2.24, 2.45) is 28.6 Å². The summed E-state index contributed by atoms with van der Waals surface area (Å²) in [7, 11) is 0. The first-order valence-electron chi connectivity index (χ1n) is 11.3. The van der Waals surface area contributed by atoms with Crippen molar-refractivity contribution in [1.29, 1.82) is 0 Å². The van der Waals surface area contributed by atoms with E-state index in [1.807, 2.05) is 24.3 Å². The largest absolute Gasteiger partial charge is 0.393 e. The van der Waals surface area contributed by atoms with Crippen LogP contribution in [-0.2, 0) is 0 Å². The number of aliphatic hydroxyl groups is 2. The Balaban J connectivity index is 1.48. The Kier molecular flexibility index (Phi) is 4.77. The lowest BCUT2D eigenvalue weighted by Crippen LogP contribution is -2.51. The summed E-state index contributed by atoms with van der Waals surface area (Å²) in [5.41, 5.74) is 3.88. The van der Waals surface area contributed by atoms with Gasteiger partial charge in [-0.25, -0.2) is 0 Å². The van der Waals surface area contributed by atoms with Crippen LogP contribution in [0, 0.1) is 28.6 Å². The highest BCUT2D eigenvalue weighted by molar-refractivity contribution is 6.32. The van der Waals surface area contributed by atoms with Crippen LogP contribution >= 0.6 is 11.6 Å². The zero-order valence-electron chi connectivity index (χ0n) is 17.6. The van der Waals surface area contributed by atoms with Crippen LogP contribution in [0.2, 0.25) is 5.02 Å². The first-order chi connectivity index (χ1) is 13.8. The molecule has 4 aliphatic rings. The SMILES string of the molecule is C[C@]12CC[C@@H]3[C@H](CC=C4C[C@H](O)CC[C@@]43C)[C@H]1C/C(=C\c1ccccc1Cl)[C@@H]2O. The molecule has 3 saturated carbocycles. The summed E-state index contributed by atoms with van der Waals surface area (Å²) in [4.78, 5) is 0. The summed E-state index contributed by atoms with van der Waals surface area (Å²) < 4.78 is 0. The maximum Gasteiger partial charge on any atom is 0.0809 e. The highest BCUT2D eigenvalue weighted by Crippen LogP contribution is 2.65. The van der Waals surface area contributed by atoms with Gasteiger partial charge >= 0.3 is 0 Å². The molecule has 29 heavy (non-hydrogen) atoms. The van der Waals surface area contributed by atoms with Crippen molar-refractivity contribution >= 4 is 17.7 Å². The fraction of sp³-hybridized carbons (Fsp3) is 0.615. The maximum absolute atomic E-state index is 11.4. The molecule has 1 aromatic carbocycles. The van der Waals surface area contributed by atoms with E-state index in [9.17, 15) is 10.2 Å². The summed E-state index contributed by atoms with van der Waals surface area (Å²) in [5.74, 6) is 1.83. The lowest BCUT2D eigenvalue weighted by atomic mass is 9.48. The number of fused-ring (bicyclic) bond motifs is 5. The van der Waals surface area contributed by atoms with Gasteiger partial charge in [-0.2, -0.15) is 0 Å². The van der Waals surface area contributed by atoms with Gasteiger partial charge in [0.05, 0.1) is 12.2 Å². The van der Waals surface area contributed by atoms with E-state index < -0.39 is 0 Å². The fourth-order valence-electron chi connectivity index (χ4n) is 7.43. The van der Waals surface area contributed by atoms with Crippen LogP contribution in [0.15, 0.2) is 41.5 Å². The lowest BCUT2D eigenvalue weighted by Gasteiger charge is -2.57. The van der Waals surface area contributed by atoms with E-state index in [1.165, 1.54) is 12.0 Å². The van der Waals surface area contributed by atoms with Crippen LogP contribution < -0.4 is 0 Å². The second-order valence-corrected chi connectivity index (χ2v) is 11.0. The minimum Gasteiger partial charge on any atom is -0.393 e. The summed E-state index contributed by atoms with van der Waals surface area (Å²) in [6.07, 6.45) is 11.3. The molecule has 156 valence electrons. The molecular weight excluding hydrogens is 380 g/mol. The summed E-state index contributed by atoms with van der Waals surface area (Å²) >= 11 is 6.40. The monoisotopic (exact) mass is 412 g/mol. The van der Waals surface area contributed by atoms with Crippen molar-refractivity contribution in [3.63, 3.8) is 0 Å². The molecular formula is C26H33ClO2. The molecule has 3 heteroatoms. The zero-order valence-corrected chi connectivity index (χ0v) is 18.3. The van der Waals surface area contributed by atoms with Crippen LogP contribution in [0.5, 0.6) is 0 Å². The molecule has 0 heterocycles. The summed E-state index contributed by atoms with van der Waals surface area (Å²) in [5, 5.41) is 22.3. The molecule has 0 aromatic heterocycles. The average molecular weight is 413 g/mol. The number of hydrogen-bond acceptors (Lipinski definition) is 2. The highest BCUT2D eigenvalue weighted by atomic mass is 35.5. The van der Waals surface area contributed by atoms with E-state index in [4.69, 9.17) is 11.6 Å². The number of halogens is 1. The molecule has 4 aliphatic carbocycles. The molecule has 0 bridgehead atoms. The quantitative estimate of drug-likeness (QED) is 0.554. The number of hydrogen-bond donors (Lipinski definition) is 2. The van der Waals surface area contributed by atoms with Crippen LogP contribution in [0.4, 0.5) is 0 Å². The predicted molar refractivity (Wildman–Crippen MR) is 119 cm³/mol. The first-order valence-corrected chi connectivity index (χ1v) is 11.7. The molecule has 0 aliphatic heterocycles. The molecule has 2 N–H and O–H groups in total. The molecule has 7 atom stereocenters. The van der Waals surface area contributed by atoms with Gasteiger partial charge in [0.15, 0.2) is 0 Å². The molecule has 2 nitrogen and oxygen atoms in total. The van der Waals surface area contributed by atoms with Crippen LogP contribution in [0.25, 0.3) is 6.08 Å². The Labute approximate surface area is 179 Å². The molecule has 1 aromatic rings. The minimum absolute atomic E-state index is 0.0376. The fourth-order valence-corrected chi connectivity index (χ4v) is 7.62. The molecule has 0 radical (unpaired) electrons. The van der Waals surface area contributed by atoms with E-state index in [-0.39, 0.29) is 23.0 Å². The average Bonchev–Trinajstić information content (AvgIpc) is 2.95. The number of rotatable bonds is 1. The Morgan fingerprint density at radius 1 is 1.03 bits per heavy atom. The first kappa shape index (κ1) is 19.8. The Morgan fingerprint density at radius 2 is 1.83 bits per heavy atom. The van der Waals surface area contributed by atoms with Gasteiger partial charge in [-0.1, -0.05) is 61.4 Å². The van der Waals surface area contributed by atoms with Gasteiger partial charge in [-0.05, 0) is 85.3 Å². The predicted octanol–water partition coefficient (Wildman–Crippen LogP) is 6.02. The van der Waals surface area contributed by atoms with Gasteiger partial charge in [0, 0.05) is 10.4 Å². The van der Waals surface area contributed by atoms with Crippen LogP contribution in [0.1, 0.15) is 64.4 Å². The van der Waals surface area contributed by atoms with E-state index in [0.717, 1.165) is 54.7 Å². The molecule has 3 fully saturated rings. The van der Waals surface area contributed by atoms with Crippen molar-refractivity contribution in [3.05, 3.63) is 52.1 Å². The van der Waals surface area contributed by atoms with Crippen molar-refractivity contribution in [3.8, 4) is 0 Å². The van der Waals surface area contributed by atoms with Crippen LogP contribution in [-0.4, -0.2) is 22.4 Å². The van der Waals surface area contributed by atoms with E-state index in [0.29, 0.717) is 17.8 Å². The minimum atomic E-state index is -0.379. The van der Waals surface area contributed by atoms with Gasteiger partial charge in [-0.3, -0.25) is 0 Å². The Bertz CT molecular complexity index is 873. The highest BCUT2D eigenvalue weighted by Gasteiger charge is 2.59. The number of aliphatic hydroxyl groups excluding tert-OH is 2. The smallest absolute Gasteiger partial charge is 0.0809 e. The third-order valence-electron chi connectivity index (χ3n) is 9.19. The van der Waals surface area contributed by atoms with Gasteiger partial charge in [0.1, 0.15) is 0 Å². The Hall–Kier alpha value is -1.09. The standard InChI is InChI=1S/C26H33ClO2/c1-25-11-9-19(28)15-18(25)7-8-20-21(25)10-12-26(2)22(20)14-17(24(26)29)13-16-5-3-4-6-23(16)27/h3-7,13,19-22,24,28-29H,8-12,14-15H2,1-2H3/b17-13+/t19-,20+,21-,22-,24+,25+,26+/m1/s1. The van der Waals surface area contributed by atoms with Gasteiger partial charge in [-0.15, -0.1) is 0 Å².